The third-order valence-corrected chi connectivity index (χ3v) is 5.11. The number of hydrogen-bond acceptors (Lipinski definition) is 6. The Hall–Kier alpha value is -3.39. The predicted octanol–water partition coefficient (Wildman–Crippen LogP) is 2.68. The van der Waals surface area contributed by atoms with E-state index >= 15 is 0 Å². The molecule has 1 fully saturated rings. The Balaban J connectivity index is 1.47. The minimum atomic E-state index is -0.495. The highest BCUT2D eigenvalue weighted by molar-refractivity contribution is 5.45. The number of rotatable bonds is 5. The molecule has 0 radical (unpaired) electrons. The van der Waals surface area contributed by atoms with Gasteiger partial charge in [0.15, 0.2) is 0 Å². The fourth-order valence-corrected chi connectivity index (χ4v) is 3.64. The lowest BCUT2D eigenvalue weighted by atomic mass is 10.1. The van der Waals surface area contributed by atoms with Crippen LogP contribution in [0.1, 0.15) is 22.8 Å². The summed E-state index contributed by atoms with van der Waals surface area (Å²) in [6.45, 7) is 2.93. The van der Waals surface area contributed by atoms with Crippen molar-refractivity contribution in [2.75, 3.05) is 31.2 Å². The van der Waals surface area contributed by atoms with Crippen LogP contribution in [0, 0.1) is 5.95 Å². The smallest absolute Gasteiger partial charge is 0.213 e. The standard InChI is InChI=1S/C22H21FN6O/c23-19-3-1-2-17(25-19)14-20-26-18(15-22(27-20)29-8-10-30-11-9-29)12-16-4-6-28-7-5-24-21(28)13-16/h1-7,13,15H,8-12,14H2. The third kappa shape index (κ3) is 4.13. The number of ether oxygens (including phenoxy) is 1. The van der Waals surface area contributed by atoms with Gasteiger partial charge in [0.2, 0.25) is 5.95 Å². The highest BCUT2D eigenvalue weighted by atomic mass is 19.1. The number of anilines is 1. The van der Waals surface area contributed by atoms with Gasteiger partial charge >= 0.3 is 0 Å². The summed E-state index contributed by atoms with van der Waals surface area (Å²) >= 11 is 0. The maximum absolute atomic E-state index is 13.5. The Labute approximate surface area is 173 Å². The summed E-state index contributed by atoms with van der Waals surface area (Å²) in [4.78, 5) is 20.0. The Morgan fingerprint density at radius 3 is 2.70 bits per heavy atom. The maximum atomic E-state index is 13.5. The Morgan fingerprint density at radius 2 is 1.83 bits per heavy atom. The second kappa shape index (κ2) is 8.16. The Kier molecular flexibility index (Phi) is 5.06. The monoisotopic (exact) mass is 404 g/mol. The molecule has 1 saturated heterocycles. The van der Waals surface area contributed by atoms with Crippen molar-refractivity contribution in [3.8, 4) is 0 Å². The van der Waals surface area contributed by atoms with Crippen LogP contribution >= 0.6 is 0 Å². The minimum Gasteiger partial charge on any atom is -0.378 e. The SMILES string of the molecule is Fc1cccc(Cc2nc(Cc3ccn4ccnc4c3)cc(N3CCOCC3)n2)n1. The average molecular weight is 404 g/mol. The van der Waals surface area contributed by atoms with Gasteiger partial charge in [0.25, 0.3) is 0 Å². The van der Waals surface area contributed by atoms with Crippen molar-refractivity contribution < 1.29 is 9.13 Å². The van der Waals surface area contributed by atoms with Gasteiger partial charge in [-0.1, -0.05) is 6.07 Å². The number of pyridine rings is 2. The molecule has 30 heavy (non-hydrogen) atoms. The molecule has 4 aromatic rings. The molecule has 1 aliphatic rings. The van der Waals surface area contributed by atoms with E-state index < -0.39 is 5.95 Å². The van der Waals surface area contributed by atoms with Gasteiger partial charge in [-0.3, -0.25) is 0 Å². The molecule has 4 aromatic heterocycles. The van der Waals surface area contributed by atoms with Crippen LogP contribution in [0.3, 0.4) is 0 Å². The van der Waals surface area contributed by atoms with Gasteiger partial charge in [0, 0.05) is 44.2 Å². The largest absolute Gasteiger partial charge is 0.378 e. The average Bonchev–Trinajstić information content (AvgIpc) is 3.22. The zero-order valence-electron chi connectivity index (χ0n) is 16.4. The second-order valence-electron chi connectivity index (χ2n) is 7.27. The molecular weight excluding hydrogens is 383 g/mol. The molecule has 0 atom stereocenters. The molecule has 0 bridgehead atoms. The number of aromatic nitrogens is 5. The van der Waals surface area contributed by atoms with E-state index in [-0.39, 0.29) is 0 Å². The van der Waals surface area contributed by atoms with Gasteiger partial charge in [-0.15, -0.1) is 0 Å². The predicted molar refractivity (Wildman–Crippen MR) is 110 cm³/mol. The van der Waals surface area contributed by atoms with E-state index in [1.807, 2.05) is 22.9 Å². The highest BCUT2D eigenvalue weighted by Gasteiger charge is 2.16. The van der Waals surface area contributed by atoms with Gasteiger partial charge < -0.3 is 14.0 Å². The minimum absolute atomic E-state index is 0.377. The van der Waals surface area contributed by atoms with E-state index in [1.54, 1.807) is 18.3 Å². The first-order chi connectivity index (χ1) is 14.7. The number of imidazole rings is 1. The molecule has 152 valence electrons. The van der Waals surface area contributed by atoms with Crippen LogP contribution in [0.2, 0.25) is 0 Å². The normalized spacial score (nSPS) is 14.4. The van der Waals surface area contributed by atoms with Crippen LogP contribution in [0.25, 0.3) is 5.65 Å². The fourth-order valence-electron chi connectivity index (χ4n) is 3.64. The van der Waals surface area contributed by atoms with Gasteiger partial charge in [-0.05, 0) is 29.8 Å². The van der Waals surface area contributed by atoms with E-state index in [1.165, 1.54) is 6.07 Å². The molecule has 8 heteroatoms. The van der Waals surface area contributed by atoms with Crippen molar-refractivity contribution in [3.05, 3.63) is 83.7 Å². The third-order valence-electron chi connectivity index (χ3n) is 5.11. The molecule has 0 N–H and O–H groups in total. The molecule has 0 aliphatic carbocycles. The van der Waals surface area contributed by atoms with Crippen molar-refractivity contribution in [1.82, 2.24) is 24.3 Å². The van der Waals surface area contributed by atoms with Crippen LogP contribution < -0.4 is 4.90 Å². The fraction of sp³-hybridized carbons (Fsp3) is 0.273. The first-order valence-corrected chi connectivity index (χ1v) is 9.95. The topological polar surface area (TPSA) is 68.4 Å². The molecule has 5 heterocycles. The molecular formula is C22H21FN6O. The molecule has 1 aliphatic heterocycles. The quantitative estimate of drug-likeness (QED) is 0.477. The molecule has 5 rings (SSSR count). The van der Waals surface area contributed by atoms with Crippen molar-refractivity contribution in [1.29, 1.82) is 0 Å². The number of hydrogen-bond donors (Lipinski definition) is 0. The van der Waals surface area contributed by atoms with Gasteiger partial charge in [-0.2, -0.15) is 4.39 Å². The lowest BCUT2D eigenvalue weighted by molar-refractivity contribution is 0.122. The van der Waals surface area contributed by atoms with E-state index in [9.17, 15) is 4.39 Å². The molecule has 0 spiro atoms. The maximum Gasteiger partial charge on any atom is 0.213 e. The van der Waals surface area contributed by atoms with E-state index in [2.05, 4.69) is 27.0 Å². The number of fused-ring (bicyclic) bond motifs is 1. The Morgan fingerprint density at radius 1 is 0.933 bits per heavy atom. The molecule has 7 nitrogen and oxygen atoms in total. The zero-order chi connectivity index (χ0) is 20.3. The van der Waals surface area contributed by atoms with Crippen molar-refractivity contribution in [3.63, 3.8) is 0 Å². The number of nitrogens with zero attached hydrogens (tertiary/aromatic N) is 6. The summed E-state index contributed by atoms with van der Waals surface area (Å²) < 4.78 is 21.0. The van der Waals surface area contributed by atoms with Crippen molar-refractivity contribution in [2.24, 2.45) is 0 Å². The summed E-state index contributed by atoms with van der Waals surface area (Å²) in [5.74, 6) is 1.01. The number of halogens is 1. The molecule has 0 amide bonds. The second-order valence-corrected chi connectivity index (χ2v) is 7.27. The van der Waals surface area contributed by atoms with Gasteiger partial charge in [0.05, 0.1) is 31.0 Å². The highest BCUT2D eigenvalue weighted by Crippen LogP contribution is 2.19. The molecule has 0 unspecified atom stereocenters. The summed E-state index contributed by atoms with van der Waals surface area (Å²) in [6, 6.07) is 10.9. The first-order valence-electron chi connectivity index (χ1n) is 9.95. The van der Waals surface area contributed by atoms with Crippen LogP contribution in [0.5, 0.6) is 0 Å². The van der Waals surface area contributed by atoms with E-state index in [4.69, 9.17) is 14.7 Å². The molecule has 0 saturated carbocycles. The summed E-state index contributed by atoms with van der Waals surface area (Å²) in [5.41, 5.74) is 3.54. The number of morpholine rings is 1. The van der Waals surface area contributed by atoms with E-state index in [0.29, 0.717) is 37.6 Å². The van der Waals surface area contributed by atoms with Crippen molar-refractivity contribution >= 4 is 11.5 Å². The van der Waals surface area contributed by atoms with Crippen LogP contribution in [-0.4, -0.2) is 50.6 Å². The lowest BCUT2D eigenvalue weighted by Gasteiger charge is -2.28. The summed E-state index contributed by atoms with van der Waals surface area (Å²) in [5, 5.41) is 0. The summed E-state index contributed by atoms with van der Waals surface area (Å²) in [6.07, 6.45) is 6.74. The van der Waals surface area contributed by atoms with Crippen LogP contribution in [-0.2, 0) is 17.6 Å². The lowest BCUT2D eigenvalue weighted by Crippen LogP contribution is -2.37. The van der Waals surface area contributed by atoms with Gasteiger partial charge in [-0.25, -0.2) is 19.9 Å². The van der Waals surface area contributed by atoms with E-state index in [0.717, 1.165) is 35.8 Å². The zero-order valence-corrected chi connectivity index (χ0v) is 16.4. The van der Waals surface area contributed by atoms with Gasteiger partial charge in [0.1, 0.15) is 17.3 Å². The van der Waals surface area contributed by atoms with Crippen molar-refractivity contribution in [2.45, 2.75) is 12.8 Å². The Bertz CT molecular complexity index is 1170. The first kappa shape index (κ1) is 18.6. The van der Waals surface area contributed by atoms with Crippen LogP contribution in [0.4, 0.5) is 10.2 Å². The summed E-state index contributed by atoms with van der Waals surface area (Å²) in [7, 11) is 0. The molecule has 0 aromatic carbocycles. The van der Waals surface area contributed by atoms with Crippen LogP contribution in [0.15, 0.2) is 55.0 Å².